The second kappa shape index (κ2) is 4.35. The molecule has 0 aliphatic rings. The lowest BCUT2D eigenvalue weighted by Crippen LogP contribution is -2.23. The molecule has 3 heteroatoms. The molecule has 0 heterocycles. The molecule has 1 rings (SSSR count). The second-order valence-electron chi connectivity index (χ2n) is 4.31. The first kappa shape index (κ1) is 12.2. The molecule has 1 aromatic rings. The van der Waals surface area contributed by atoms with Gasteiger partial charge in [-0.1, -0.05) is 20.8 Å². The number of ketones is 1. The predicted octanol–water partition coefficient (Wildman–Crippen LogP) is 3.65. The average molecular weight is 270 g/mol. The molecule has 0 spiro atoms. The van der Waals surface area contributed by atoms with E-state index in [0.29, 0.717) is 11.3 Å². The Labute approximate surface area is 99.0 Å². The zero-order valence-corrected chi connectivity index (χ0v) is 10.9. The monoisotopic (exact) mass is 269 g/mol. The van der Waals surface area contributed by atoms with E-state index in [4.69, 9.17) is 5.73 Å². The lowest BCUT2D eigenvalue weighted by Gasteiger charge is -2.21. The van der Waals surface area contributed by atoms with Crippen LogP contribution in [0.3, 0.4) is 0 Å². The predicted molar refractivity (Wildman–Crippen MR) is 67.0 cm³/mol. The minimum absolute atomic E-state index is 0.150. The first-order valence-electron chi connectivity index (χ1n) is 4.98. The number of benzene rings is 1. The molecule has 0 aromatic heterocycles. The van der Waals surface area contributed by atoms with E-state index >= 15 is 0 Å². The number of carbonyl (C=O) groups excluding carboxylic acids is 1. The molecular formula is C12H16BrNO. The van der Waals surface area contributed by atoms with Gasteiger partial charge in [0.2, 0.25) is 0 Å². The normalized spacial score (nSPS) is 11.5. The first-order chi connectivity index (χ1) is 6.88. The van der Waals surface area contributed by atoms with Crippen LogP contribution in [0.25, 0.3) is 0 Å². The summed E-state index contributed by atoms with van der Waals surface area (Å²) >= 11 is 3.37. The standard InChI is InChI=1S/C12H16BrNO/c1-4-12(2,3)11(15)9-6-5-8(14)7-10(9)13/h5-7H,4,14H2,1-3H3. The van der Waals surface area contributed by atoms with Crippen molar-refractivity contribution >= 4 is 27.4 Å². The third-order valence-electron chi connectivity index (χ3n) is 2.74. The van der Waals surface area contributed by atoms with Crippen molar-refractivity contribution in [3.63, 3.8) is 0 Å². The minimum Gasteiger partial charge on any atom is -0.399 e. The summed E-state index contributed by atoms with van der Waals surface area (Å²) in [5.74, 6) is 0.150. The Kier molecular flexibility index (Phi) is 3.55. The van der Waals surface area contributed by atoms with E-state index in [2.05, 4.69) is 15.9 Å². The van der Waals surface area contributed by atoms with Crippen LogP contribution in [0.15, 0.2) is 22.7 Å². The quantitative estimate of drug-likeness (QED) is 0.673. The van der Waals surface area contributed by atoms with Crippen molar-refractivity contribution in [2.24, 2.45) is 5.41 Å². The molecule has 2 nitrogen and oxygen atoms in total. The van der Waals surface area contributed by atoms with Gasteiger partial charge in [-0.25, -0.2) is 0 Å². The molecule has 0 bridgehead atoms. The molecule has 1 aromatic carbocycles. The van der Waals surface area contributed by atoms with Crippen molar-refractivity contribution in [2.75, 3.05) is 5.73 Å². The largest absolute Gasteiger partial charge is 0.399 e. The smallest absolute Gasteiger partial charge is 0.169 e. The Bertz CT molecular complexity index is 385. The van der Waals surface area contributed by atoms with Gasteiger partial charge in [0.15, 0.2) is 5.78 Å². The van der Waals surface area contributed by atoms with Crippen LogP contribution >= 0.6 is 15.9 Å². The third kappa shape index (κ3) is 2.59. The Morgan fingerprint density at radius 3 is 2.53 bits per heavy atom. The van der Waals surface area contributed by atoms with Crippen LogP contribution in [0.4, 0.5) is 5.69 Å². The Morgan fingerprint density at radius 1 is 1.47 bits per heavy atom. The maximum atomic E-state index is 12.2. The number of Topliss-reactive ketones (excluding diaryl/α,β-unsaturated/α-hetero) is 1. The van der Waals surface area contributed by atoms with Crippen molar-refractivity contribution in [3.05, 3.63) is 28.2 Å². The highest BCUT2D eigenvalue weighted by molar-refractivity contribution is 9.10. The Hall–Kier alpha value is -0.830. The second-order valence-corrected chi connectivity index (χ2v) is 5.16. The SMILES string of the molecule is CCC(C)(C)C(=O)c1ccc(N)cc1Br. The molecule has 0 saturated heterocycles. The topological polar surface area (TPSA) is 43.1 Å². The number of carbonyl (C=O) groups is 1. The van der Waals surface area contributed by atoms with E-state index in [-0.39, 0.29) is 11.2 Å². The van der Waals surface area contributed by atoms with Gasteiger partial charge in [-0.05, 0) is 40.5 Å². The number of rotatable bonds is 3. The highest BCUT2D eigenvalue weighted by Crippen LogP contribution is 2.30. The fourth-order valence-corrected chi connectivity index (χ4v) is 1.82. The molecule has 15 heavy (non-hydrogen) atoms. The molecule has 0 radical (unpaired) electrons. The molecule has 0 fully saturated rings. The lowest BCUT2D eigenvalue weighted by atomic mass is 9.82. The number of anilines is 1. The van der Waals surface area contributed by atoms with Crippen molar-refractivity contribution in [1.29, 1.82) is 0 Å². The summed E-state index contributed by atoms with van der Waals surface area (Å²) < 4.78 is 0.772. The van der Waals surface area contributed by atoms with Gasteiger partial charge in [-0.2, -0.15) is 0 Å². The van der Waals surface area contributed by atoms with E-state index in [0.717, 1.165) is 10.9 Å². The lowest BCUT2D eigenvalue weighted by molar-refractivity contribution is 0.0832. The van der Waals surface area contributed by atoms with Crippen LogP contribution in [0.5, 0.6) is 0 Å². The van der Waals surface area contributed by atoms with Crippen molar-refractivity contribution in [3.8, 4) is 0 Å². The Balaban J connectivity index is 3.12. The average Bonchev–Trinajstić information content (AvgIpc) is 2.17. The number of nitrogen functional groups attached to an aromatic ring is 1. The zero-order chi connectivity index (χ0) is 11.6. The van der Waals surface area contributed by atoms with E-state index in [1.165, 1.54) is 0 Å². The van der Waals surface area contributed by atoms with Crippen LogP contribution < -0.4 is 5.73 Å². The maximum absolute atomic E-state index is 12.2. The van der Waals surface area contributed by atoms with Gasteiger partial charge in [0, 0.05) is 21.1 Å². The Morgan fingerprint density at radius 2 is 2.07 bits per heavy atom. The van der Waals surface area contributed by atoms with Gasteiger partial charge in [-0.15, -0.1) is 0 Å². The molecule has 0 unspecified atom stereocenters. The fraction of sp³-hybridized carbons (Fsp3) is 0.417. The third-order valence-corrected chi connectivity index (χ3v) is 3.39. The van der Waals surface area contributed by atoms with Gasteiger partial charge in [0.25, 0.3) is 0 Å². The van der Waals surface area contributed by atoms with Gasteiger partial charge < -0.3 is 5.73 Å². The summed E-state index contributed by atoms with van der Waals surface area (Å²) in [6, 6.07) is 5.29. The van der Waals surface area contributed by atoms with Gasteiger partial charge in [0.1, 0.15) is 0 Å². The van der Waals surface area contributed by atoms with Crippen molar-refractivity contribution < 1.29 is 4.79 Å². The molecular weight excluding hydrogens is 254 g/mol. The number of nitrogens with two attached hydrogens (primary N) is 1. The van der Waals surface area contributed by atoms with Gasteiger partial charge in [-0.3, -0.25) is 4.79 Å². The van der Waals surface area contributed by atoms with E-state index in [1.807, 2.05) is 20.8 Å². The molecule has 82 valence electrons. The number of hydrogen-bond donors (Lipinski definition) is 1. The van der Waals surface area contributed by atoms with Crippen molar-refractivity contribution in [1.82, 2.24) is 0 Å². The highest BCUT2D eigenvalue weighted by atomic mass is 79.9. The summed E-state index contributed by atoms with van der Waals surface area (Å²) in [5, 5.41) is 0. The van der Waals surface area contributed by atoms with E-state index in [9.17, 15) is 4.79 Å². The summed E-state index contributed by atoms with van der Waals surface area (Å²) in [6.07, 6.45) is 0.822. The summed E-state index contributed by atoms with van der Waals surface area (Å²) in [6.45, 7) is 5.93. The van der Waals surface area contributed by atoms with Crippen LogP contribution in [-0.4, -0.2) is 5.78 Å². The maximum Gasteiger partial charge on any atom is 0.169 e. The molecule has 0 atom stereocenters. The van der Waals surface area contributed by atoms with E-state index < -0.39 is 0 Å². The molecule has 0 saturated carbocycles. The minimum atomic E-state index is -0.321. The van der Waals surface area contributed by atoms with Gasteiger partial charge >= 0.3 is 0 Å². The van der Waals surface area contributed by atoms with Crippen LogP contribution in [0.1, 0.15) is 37.6 Å². The summed E-state index contributed by atoms with van der Waals surface area (Å²) in [7, 11) is 0. The molecule has 0 amide bonds. The number of halogens is 1. The summed E-state index contributed by atoms with van der Waals surface area (Å²) in [5.41, 5.74) is 6.67. The molecule has 0 aliphatic carbocycles. The molecule has 0 aliphatic heterocycles. The van der Waals surface area contributed by atoms with Crippen LogP contribution in [-0.2, 0) is 0 Å². The van der Waals surface area contributed by atoms with Crippen LogP contribution in [0, 0.1) is 5.41 Å². The number of hydrogen-bond acceptors (Lipinski definition) is 2. The van der Waals surface area contributed by atoms with Gasteiger partial charge in [0.05, 0.1) is 0 Å². The molecule has 2 N–H and O–H groups in total. The van der Waals surface area contributed by atoms with Crippen molar-refractivity contribution in [2.45, 2.75) is 27.2 Å². The highest BCUT2D eigenvalue weighted by Gasteiger charge is 2.27. The zero-order valence-electron chi connectivity index (χ0n) is 9.30. The first-order valence-corrected chi connectivity index (χ1v) is 5.77. The van der Waals surface area contributed by atoms with Crippen LogP contribution in [0.2, 0.25) is 0 Å². The van der Waals surface area contributed by atoms with E-state index in [1.54, 1.807) is 18.2 Å². The fourth-order valence-electron chi connectivity index (χ4n) is 1.24. The summed E-state index contributed by atoms with van der Waals surface area (Å²) in [4.78, 5) is 12.2.